The SMILES string of the molecule is CC(C)CNCCC(C)NCC(C)(C)C. The van der Waals surface area contributed by atoms with E-state index in [-0.39, 0.29) is 0 Å². The molecule has 2 nitrogen and oxygen atoms in total. The molecule has 0 fully saturated rings. The minimum absolute atomic E-state index is 0.389. The number of hydrogen-bond acceptors (Lipinski definition) is 2. The Balaban J connectivity index is 3.38. The molecule has 1 unspecified atom stereocenters. The first-order valence-corrected chi connectivity index (χ1v) is 6.25. The van der Waals surface area contributed by atoms with Gasteiger partial charge in [0.15, 0.2) is 0 Å². The quantitative estimate of drug-likeness (QED) is 0.637. The van der Waals surface area contributed by atoms with Crippen LogP contribution in [0.15, 0.2) is 0 Å². The fourth-order valence-electron chi connectivity index (χ4n) is 1.29. The summed E-state index contributed by atoms with van der Waals surface area (Å²) in [5, 5.41) is 7.04. The highest BCUT2D eigenvalue weighted by Crippen LogP contribution is 2.10. The Morgan fingerprint density at radius 3 is 2.13 bits per heavy atom. The van der Waals surface area contributed by atoms with E-state index in [0.29, 0.717) is 11.5 Å². The molecule has 0 bridgehead atoms. The average molecular weight is 214 g/mol. The summed E-state index contributed by atoms with van der Waals surface area (Å²) in [6.07, 6.45) is 1.21. The third-order valence-corrected chi connectivity index (χ3v) is 2.29. The predicted octanol–water partition coefficient (Wildman–Crippen LogP) is 2.65. The Morgan fingerprint density at radius 2 is 1.67 bits per heavy atom. The maximum Gasteiger partial charge on any atom is 0.00510 e. The summed E-state index contributed by atoms with van der Waals surface area (Å²) < 4.78 is 0. The van der Waals surface area contributed by atoms with Crippen LogP contribution in [0.1, 0.15) is 48.0 Å². The summed E-state index contributed by atoms with van der Waals surface area (Å²) in [7, 11) is 0. The zero-order valence-electron chi connectivity index (χ0n) is 11.5. The van der Waals surface area contributed by atoms with E-state index in [1.165, 1.54) is 6.42 Å². The van der Waals surface area contributed by atoms with Crippen molar-refractivity contribution in [2.24, 2.45) is 11.3 Å². The van der Waals surface area contributed by atoms with Gasteiger partial charge in [0.25, 0.3) is 0 Å². The predicted molar refractivity (Wildman–Crippen MR) is 69.2 cm³/mol. The van der Waals surface area contributed by atoms with Crippen LogP contribution in [0.3, 0.4) is 0 Å². The lowest BCUT2D eigenvalue weighted by Crippen LogP contribution is -2.36. The summed E-state index contributed by atoms with van der Waals surface area (Å²) in [6, 6.07) is 0.615. The molecule has 0 aliphatic rings. The molecule has 0 aliphatic carbocycles. The normalized spacial score (nSPS) is 14.6. The van der Waals surface area contributed by atoms with Gasteiger partial charge in [0, 0.05) is 12.6 Å². The van der Waals surface area contributed by atoms with Crippen LogP contribution >= 0.6 is 0 Å². The van der Waals surface area contributed by atoms with Crippen LogP contribution in [0.25, 0.3) is 0 Å². The van der Waals surface area contributed by atoms with Gasteiger partial charge in [-0.05, 0) is 37.8 Å². The van der Waals surface area contributed by atoms with Gasteiger partial charge in [-0.25, -0.2) is 0 Å². The first-order chi connectivity index (χ1) is 6.81. The summed E-state index contributed by atoms with van der Waals surface area (Å²) in [6.45, 7) is 16.9. The van der Waals surface area contributed by atoms with Crippen LogP contribution in [-0.2, 0) is 0 Å². The van der Waals surface area contributed by atoms with Gasteiger partial charge in [-0.2, -0.15) is 0 Å². The molecule has 0 heterocycles. The van der Waals surface area contributed by atoms with E-state index in [9.17, 15) is 0 Å². The van der Waals surface area contributed by atoms with Gasteiger partial charge in [-0.15, -0.1) is 0 Å². The molecule has 0 rings (SSSR count). The van der Waals surface area contributed by atoms with Gasteiger partial charge < -0.3 is 10.6 Å². The first kappa shape index (κ1) is 14.9. The van der Waals surface area contributed by atoms with E-state index in [2.05, 4.69) is 52.2 Å². The molecule has 1 atom stereocenters. The molecule has 92 valence electrons. The van der Waals surface area contributed by atoms with E-state index < -0.39 is 0 Å². The van der Waals surface area contributed by atoms with Crippen LogP contribution in [-0.4, -0.2) is 25.7 Å². The van der Waals surface area contributed by atoms with Crippen molar-refractivity contribution in [3.05, 3.63) is 0 Å². The summed E-state index contributed by atoms with van der Waals surface area (Å²) >= 11 is 0. The summed E-state index contributed by atoms with van der Waals surface area (Å²) in [5.74, 6) is 0.753. The van der Waals surface area contributed by atoms with Gasteiger partial charge in [0.1, 0.15) is 0 Å². The highest BCUT2D eigenvalue weighted by atomic mass is 14.9. The van der Waals surface area contributed by atoms with Crippen LogP contribution in [0.4, 0.5) is 0 Å². The van der Waals surface area contributed by atoms with Crippen LogP contribution in [0.2, 0.25) is 0 Å². The highest BCUT2D eigenvalue weighted by Gasteiger charge is 2.11. The molecule has 0 spiro atoms. The molecule has 0 aromatic rings. The third kappa shape index (κ3) is 11.8. The topological polar surface area (TPSA) is 24.1 Å². The molecule has 0 aliphatic heterocycles. The third-order valence-electron chi connectivity index (χ3n) is 2.29. The van der Waals surface area contributed by atoms with Crippen molar-refractivity contribution in [2.75, 3.05) is 19.6 Å². The lowest BCUT2D eigenvalue weighted by atomic mass is 9.96. The second-order valence-electron chi connectivity index (χ2n) is 6.23. The van der Waals surface area contributed by atoms with E-state index >= 15 is 0 Å². The van der Waals surface area contributed by atoms with Gasteiger partial charge in [0.2, 0.25) is 0 Å². The van der Waals surface area contributed by atoms with Gasteiger partial charge in [-0.3, -0.25) is 0 Å². The largest absolute Gasteiger partial charge is 0.316 e. The molecule has 0 saturated heterocycles. The number of rotatable bonds is 7. The highest BCUT2D eigenvalue weighted by molar-refractivity contribution is 4.69. The van der Waals surface area contributed by atoms with E-state index in [4.69, 9.17) is 0 Å². The maximum absolute atomic E-state index is 3.57. The standard InChI is InChI=1S/C13H30N2/c1-11(2)9-14-8-7-12(3)15-10-13(4,5)6/h11-12,14-15H,7-10H2,1-6H3. The lowest BCUT2D eigenvalue weighted by Gasteiger charge is -2.22. The Bertz CT molecular complexity index is 147. The second-order valence-corrected chi connectivity index (χ2v) is 6.23. The first-order valence-electron chi connectivity index (χ1n) is 6.25. The van der Waals surface area contributed by atoms with Gasteiger partial charge >= 0.3 is 0 Å². The molecular weight excluding hydrogens is 184 g/mol. The molecule has 0 radical (unpaired) electrons. The molecule has 2 N–H and O–H groups in total. The zero-order chi connectivity index (χ0) is 11.9. The fourth-order valence-corrected chi connectivity index (χ4v) is 1.29. The van der Waals surface area contributed by atoms with Gasteiger partial charge in [0.05, 0.1) is 0 Å². The van der Waals surface area contributed by atoms with Crippen molar-refractivity contribution in [3.63, 3.8) is 0 Å². The van der Waals surface area contributed by atoms with E-state index in [0.717, 1.165) is 25.6 Å². The molecule has 15 heavy (non-hydrogen) atoms. The Labute approximate surface area is 96.2 Å². The van der Waals surface area contributed by atoms with Crippen molar-refractivity contribution in [1.29, 1.82) is 0 Å². The molecule has 0 aromatic carbocycles. The van der Waals surface area contributed by atoms with Crippen LogP contribution in [0.5, 0.6) is 0 Å². The van der Waals surface area contributed by atoms with Gasteiger partial charge in [-0.1, -0.05) is 34.6 Å². The van der Waals surface area contributed by atoms with Crippen LogP contribution < -0.4 is 10.6 Å². The summed E-state index contributed by atoms with van der Waals surface area (Å²) in [4.78, 5) is 0. The Kier molecular flexibility index (Phi) is 7.20. The number of hydrogen-bond donors (Lipinski definition) is 2. The molecular formula is C13H30N2. The van der Waals surface area contributed by atoms with E-state index in [1.807, 2.05) is 0 Å². The van der Waals surface area contributed by atoms with E-state index in [1.54, 1.807) is 0 Å². The lowest BCUT2D eigenvalue weighted by molar-refractivity contribution is 0.348. The number of nitrogens with one attached hydrogen (secondary N) is 2. The molecule has 0 aromatic heterocycles. The van der Waals surface area contributed by atoms with Crippen molar-refractivity contribution in [2.45, 2.75) is 54.0 Å². The summed E-state index contributed by atoms with van der Waals surface area (Å²) in [5.41, 5.74) is 0.389. The molecule has 2 heteroatoms. The monoisotopic (exact) mass is 214 g/mol. The minimum Gasteiger partial charge on any atom is -0.316 e. The molecule has 0 amide bonds. The van der Waals surface area contributed by atoms with Crippen molar-refractivity contribution < 1.29 is 0 Å². The maximum atomic E-state index is 3.57. The van der Waals surface area contributed by atoms with Crippen molar-refractivity contribution >= 4 is 0 Å². The Hall–Kier alpha value is -0.0800. The van der Waals surface area contributed by atoms with Crippen molar-refractivity contribution in [3.8, 4) is 0 Å². The second kappa shape index (κ2) is 7.24. The average Bonchev–Trinajstić information content (AvgIpc) is 2.07. The Morgan fingerprint density at radius 1 is 1.07 bits per heavy atom. The van der Waals surface area contributed by atoms with Crippen molar-refractivity contribution in [1.82, 2.24) is 10.6 Å². The molecule has 0 saturated carbocycles. The van der Waals surface area contributed by atoms with Crippen LogP contribution in [0, 0.1) is 11.3 Å². The fraction of sp³-hybridized carbons (Fsp3) is 1.00. The smallest absolute Gasteiger partial charge is 0.00510 e. The zero-order valence-corrected chi connectivity index (χ0v) is 11.5. The minimum atomic E-state index is 0.389.